The zero-order valence-electron chi connectivity index (χ0n) is 15.6. The second-order valence-electron chi connectivity index (χ2n) is 7.00. The molecule has 0 spiro atoms. The van der Waals surface area contributed by atoms with Crippen molar-refractivity contribution in [2.45, 2.75) is 45.4 Å². The molecule has 3 atom stereocenters. The van der Waals surface area contributed by atoms with Gasteiger partial charge in [0, 0.05) is 24.5 Å². The normalized spacial score (nSPS) is 22.4. The molecule has 3 heterocycles. The maximum Gasteiger partial charge on any atom is 0.230 e. The molecule has 4 rings (SSSR count). The van der Waals surface area contributed by atoms with Crippen LogP contribution >= 0.6 is 22.9 Å². The Morgan fingerprint density at radius 3 is 2.63 bits per heavy atom. The summed E-state index contributed by atoms with van der Waals surface area (Å²) >= 11 is 8.03. The number of ether oxygens (including phenoxy) is 1. The number of nitrogens with zero attached hydrogens (tertiary/aromatic N) is 4. The zero-order valence-corrected chi connectivity index (χ0v) is 17.2. The molecular weight excluding hydrogens is 384 g/mol. The van der Waals surface area contributed by atoms with Crippen LogP contribution in [0.3, 0.4) is 0 Å². The van der Waals surface area contributed by atoms with Crippen LogP contribution in [0.4, 0.5) is 0 Å². The highest BCUT2D eigenvalue weighted by Crippen LogP contribution is 2.42. The molecule has 1 aliphatic rings. The van der Waals surface area contributed by atoms with E-state index >= 15 is 0 Å². The molecule has 0 radical (unpaired) electrons. The molecule has 1 aliphatic heterocycles. The van der Waals surface area contributed by atoms with Crippen molar-refractivity contribution >= 4 is 27.9 Å². The lowest BCUT2D eigenvalue weighted by atomic mass is 10.0. The third-order valence-electron chi connectivity index (χ3n) is 4.82. The van der Waals surface area contributed by atoms with Gasteiger partial charge in [0.25, 0.3) is 0 Å². The summed E-state index contributed by atoms with van der Waals surface area (Å²) in [5, 5.41) is 16.1. The van der Waals surface area contributed by atoms with Gasteiger partial charge >= 0.3 is 0 Å². The fourth-order valence-corrected chi connectivity index (χ4v) is 5.11. The molecule has 0 amide bonds. The van der Waals surface area contributed by atoms with E-state index in [-0.39, 0.29) is 24.1 Å². The first-order valence-electron chi connectivity index (χ1n) is 9.19. The molecule has 1 aromatic carbocycles. The SMILES string of the molecule is CCc1nc2sc([C@H](c3ccccc3Cl)N3C[C@H](C)O[C@@H](C)C3)c(O)n2n1. The van der Waals surface area contributed by atoms with Gasteiger partial charge in [-0.2, -0.15) is 4.52 Å². The maximum absolute atomic E-state index is 11.0. The average molecular weight is 407 g/mol. The summed E-state index contributed by atoms with van der Waals surface area (Å²) in [5.74, 6) is 0.866. The quantitative estimate of drug-likeness (QED) is 0.711. The summed E-state index contributed by atoms with van der Waals surface area (Å²) in [6, 6.07) is 7.63. The molecule has 1 N–H and O–H groups in total. The molecule has 0 saturated carbocycles. The Bertz CT molecular complexity index is 946. The van der Waals surface area contributed by atoms with Gasteiger partial charge in [0.1, 0.15) is 0 Å². The fraction of sp³-hybridized carbons (Fsp3) is 0.474. The lowest BCUT2D eigenvalue weighted by Crippen LogP contribution is -2.47. The lowest BCUT2D eigenvalue weighted by molar-refractivity contribution is -0.0764. The number of benzene rings is 1. The van der Waals surface area contributed by atoms with Gasteiger partial charge in [0.15, 0.2) is 5.82 Å². The fourth-order valence-electron chi connectivity index (χ4n) is 3.75. The first-order chi connectivity index (χ1) is 13.0. The minimum Gasteiger partial charge on any atom is -0.492 e. The van der Waals surface area contributed by atoms with Crippen molar-refractivity contribution in [1.82, 2.24) is 19.5 Å². The van der Waals surface area contributed by atoms with Gasteiger partial charge in [0.2, 0.25) is 10.8 Å². The average Bonchev–Trinajstić information content (AvgIpc) is 3.16. The van der Waals surface area contributed by atoms with E-state index in [2.05, 4.69) is 28.8 Å². The van der Waals surface area contributed by atoms with Crippen LogP contribution in [0.25, 0.3) is 4.96 Å². The molecule has 1 saturated heterocycles. The van der Waals surface area contributed by atoms with Gasteiger partial charge in [-0.1, -0.05) is 48.1 Å². The molecule has 6 nitrogen and oxygen atoms in total. The number of fused-ring (bicyclic) bond motifs is 1. The summed E-state index contributed by atoms with van der Waals surface area (Å²) in [7, 11) is 0. The molecule has 3 aromatic rings. The molecule has 1 fully saturated rings. The van der Waals surface area contributed by atoms with E-state index in [4.69, 9.17) is 16.3 Å². The van der Waals surface area contributed by atoms with Crippen molar-refractivity contribution in [2.75, 3.05) is 13.1 Å². The Hall–Kier alpha value is -1.67. The van der Waals surface area contributed by atoms with Gasteiger partial charge in [-0.3, -0.25) is 4.90 Å². The predicted molar refractivity (Wildman–Crippen MR) is 107 cm³/mol. The topological polar surface area (TPSA) is 62.9 Å². The van der Waals surface area contributed by atoms with Crippen LogP contribution < -0.4 is 0 Å². The van der Waals surface area contributed by atoms with Crippen molar-refractivity contribution in [3.8, 4) is 5.88 Å². The first kappa shape index (κ1) is 18.7. The van der Waals surface area contributed by atoms with E-state index in [0.29, 0.717) is 9.98 Å². The number of rotatable bonds is 4. The molecule has 0 aliphatic carbocycles. The minimum atomic E-state index is -0.175. The Balaban J connectivity index is 1.84. The van der Waals surface area contributed by atoms with Crippen molar-refractivity contribution in [3.63, 3.8) is 0 Å². The number of aromatic hydroxyl groups is 1. The van der Waals surface area contributed by atoms with Crippen LogP contribution in [0.1, 0.15) is 43.1 Å². The van der Waals surface area contributed by atoms with E-state index in [0.717, 1.165) is 35.8 Å². The molecule has 144 valence electrons. The van der Waals surface area contributed by atoms with Crippen LogP contribution in [0.2, 0.25) is 5.02 Å². The first-order valence-corrected chi connectivity index (χ1v) is 10.4. The van der Waals surface area contributed by atoms with Gasteiger partial charge in [0.05, 0.1) is 23.1 Å². The van der Waals surface area contributed by atoms with Crippen molar-refractivity contribution < 1.29 is 9.84 Å². The molecule has 2 aromatic heterocycles. The van der Waals surface area contributed by atoms with Gasteiger partial charge in [-0.15, -0.1) is 5.10 Å². The predicted octanol–water partition coefficient (Wildman–Crippen LogP) is 3.91. The summed E-state index contributed by atoms with van der Waals surface area (Å²) in [6.45, 7) is 7.66. The monoisotopic (exact) mass is 406 g/mol. The second kappa shape index (κ2) is 7.39. The van der Waals surface area contributed by atoms with E-state index in [1.54, 1.807) is 0 Å². The summed E-state index contributed by atoms with van der Waals surface area (Å²) in [4.78, 5) is 8.35. The van der Waals surface area contributed by atoms with Crippen LogP contribution in [0.15, 0.2) is 24.3 Å². The third-order valence-corrected chi connectivity index (χ3v) is 6.24. The summed E-state index contributed by atoms with van der Waals surface area (Å²) in [6.07, 6.45) is 0.944. The maximum atomic E-state index is 11.0. The third kappa shape index (κ3) is 3.45. The highest BCUT2D eigenvalue weighted by Gasteiger charge is 2.35. The Morgan fingerprint density at radius 1 is 1.30 bits per heavy atom. The number of hydrogen-bond acceptors (Lipinski definition) is 6. The molecule has 8 heteroatoms. The number of morpholine rings is 1. The minimum absolute atomic E-state index is 0.106. The van der Waals surface area contributed by atoms with Gasteiger partial charge < -0.3 is 9.84 Å². The number of halogens is 1. The van der Waals surface area contributed by atoms with E-state index in [9.17, 15) is 5.11 Å². The second-order valence-corrected chi connectivity index (χ2v) is 8.42. The summed E-state index contributed by atoms with van der Waals surface area (Å²) < 4.78 is 7.45. The van der Waals surface area contributed by atoms with Crippen molar-refractivity contribution in [3.05, 3.63) is 45.6 Å². The van der Waals surface area contributed by atoms with Gasteiger partial charge in [-0.05, 0) is 25.5 Å². The van der Waals surface area contributed by atoms with Gasteiger partial charge in [-0.25, -0.2) is 4.98 Å². The number of aryl methyl sites for hydroxylation is 1. The smallest absolute Gasteiger partial charge is 0.230 e. The lowest BCUT2D eigenvalue weighted by Gasteiger charge is -2.40. The Kier molecular flexibility index (Phi) is 5.11. The zero-order chi connectivity index (χ0) is 19.1. The van der Waals surface area contributed by atoms with Crippen LogP contribution in [-0.4, -0.2) is 49.9 Å². The molecule has 0 bridgehead atoms. The molecule has 27 heavy (non-hydrogen) atoms. The van der Waals surface area contributed by atoms with Crippen molar-refractivity contribution in [2.24, 2.45) is 0 Å². The Labute approximate surface area is 167 Å². The van der Waals surface area contributed by atoms with Crippen molar-refractivity contribution in [1.29, 1.82) is 0 Å². The van der Waals surface area contributed by atoms with E-state index in [1.807, 2.05) is 31.2 Å². The van der Waals surface area contributed by atoms with Crippen LogP contribution in [0.5, 0.6) is 5.88 Å². The Morgan fingerprint density at radius 2 is 2.00 bits per heavy atom. The number of aromatic nitrogens is 3. The highest BCUT2D eigenvalue weighted by molar-refractivity contribution is 7.17. The largest absolute Gasteiger partial charge is 0.492 e. The molecule has 0 unspecified atom stereocenters. The number of thiazole rings is 1. The standard InChI is InChI=1S/C19H23ClN4O2S/c1-4-15-21-19-24(22-15)18(25)17(27-19)16(13-7-5-6-8-14(13)20)23-9-11(2)26-12(3)10-23/h5-8,11-12,16,25H,4,9-10H2,1-3H3/t11-,12-,16-/m0/s1. The summed E-state index contributed by atoms with van der Waals surface area (Å²) in [5.41, 5.74) is 0.969. The van der Waals surface area contributed by atoms with Crippen LogP contribution in [-0.2, 0) is 11.2 Å². The van der Waals surface area contributed by atoms with E-state index in [1.165, 1.54) is 15.9 Å². The molecular formula is C19H23ClN4O2S. The van der Waals surface area contributed by atoms with Crippen LogP contribution in [0, 0.1) is 0 Å². The number of hydrogen-bond donors (Lipinski definition) is 1. The van der Waals surface area contributed by atoms with E-state index < -0.39 is 0 Å². The highest BCUT2D eigenvalue weighted by atomic mass is 35.5.